The van der Waals surface area contributed by atoms with Crippen molar-refractivity contribution >= 4 is 34.7 Å². The zero-order valence-corrected chi connectivity index (χ0v) is 17.3. The standard InChI is InChI=1S/C17H16ClO2.2ClH.Li.Mg/c18-17-4-2-1-3-14(17)11-13-5-7-15(8-6-13)20-16-9-10-19-12-16;;;;/h2-8,16H,9-12H2;2*1H;;/q-1;;;+1;+2/p-2/t16-;;;;/m0..../s1. The molecule has 2 nitrogen and oxygen atoms in total. The van der Waals surface area contributed by atoms with Crippen LogP contribution in [0.1, 0.15) is 17.5 Å². The fourth-order valence-electron chi connectivity index (χ4n) is 2.29. The number of hydrogen-bond donors (Lipinski definition) is 0. The third-order valence-corrected chi connectivity index (χ3v) is 3.77. The van der Waals surface area contributed by atoms with Gasteiger partial charge in [-0.1, -0.05) is 22.7 Å². The summed E-state index contributed by atoms with van der Waals surface area (Å²) in [7, 11) is 0. The van der Waals surface area contributed by atoms with Crippen LogP contribution in [-0.2, 0) is 11.2 Å². The van der Waals surface area contributed by atoms with E-state index in [2.05, 4.69) is 18.2 Å². The zero-order valence-electron chi connectivity index (χ0n) is 13.6. The molecular weight excluding hydrogens is 374 g/mol. The second-order valence-electron chi connectivity index (χ2n) is 4.94. The van der Waals surface area contributed by atoms with Crippen LogP contribution >= 0.6 is 11.6 Å². The van der Waals surface area contributed by atoms with Crippen molar-refractivity contribution in [1.82, 2.24) is 0 Å². The summed E-state index contributed by atoms with van der Waals surface area (Å²) < 4.78 is 11.1. The first-order chi connectivity index (χ1) is 9.81. The average molecular weight is 390 g/mol. The Hall–Kier alpha value is 0.434. The molecular formula is C17H16Cl3LiMgO2. The van der Waals surface area contributed by atoms with Crippen LogP contribution in [0.4, 0.5) is 0 Å². The summed E-state index contributed by atoms with van der Waals surface area (Å²) in [5.74, 6) is 0.898. The van der Waals surface area contributed by atoms with Crippen LogP contribution in [0.5, 0.6) is 5.75 Å². The molecule has 2 aromatic rings. The molecule has 1 heterocycles. The zero-order chi connectivity index (χ0) is 13.8. The summed E-state index contributed by atoms with van der Waals surface area (Å²) in [5.41, 5.74) is 2.30. The Morgan fingerprint density at radius 1 is 1.17 bits per heavy atom. The van der Waals surface area contributed by atoms with E-state index in [9.17, 15) is 0 Å². The Bertz CT molecular complexity index is 578. The summed E-state index contributed by atoms with van der Waals surface area (Å²) in [6.45, 7) is 1.49. The van der Waals surface area contributed by atoms with Crippen molar-refractivity contribution in [1.29, 1.82) is 0 Å². The van der Waals surface area contributed by atoms with Gasteiger partial charge in [-0.25, -0.2) is 0 Å². The van der Waals surface area contributed by atoms with Crippen molar-refractivity contribution in [2.24, 2.45) is 0 Å². The minimum absolute atomic E-state index is 0. The van der Waals surface area contributed by atoms with Gasteiger partial charge < -0.3 is 34.3 Å². The Balaban J connectivity index is 0. The molecule has 0 unspecified atom stereocenters. The second kappa shape index (κ2) is 13.6. The van der Waals surface area contributed by atoms with Gasteiger partial charge in [0.2, 0.25) is 0 Å². The quantitative estimate of drug-likeness (QED) is 0.384. The van der Waals surface area contributed by atoms with Crippen LogP contribution < -0.4 is 48.4 Å². The van der Waals surface area contributed by atoms with Gasteiger partial charge in [0.1, 0.15) is 11.9 Å². The third-order valence-electron chi connectivity index (χ3n) is 3.40. The first-order valence-electron chi connectivity index (χ1n) is 6.79. The van der Waals surface area contributed by atoms with Crippen molar-refractivity contribution in [3.63, 3.8) is 0 Å². The number of hydrogen-bond acceptors (Lipinski definition) is 2. The molecule has 0 amide bonds. The Morgan fingerprint density at radius 2 is 1.88 bits per heavy atom. The molecule has 3 rings (SSSR count). The van der Waals surface area contributed by atoms with Crippen LogP contribution in [0.15, 0.2) is 42.5 Å². The molecule has 120 valence electrons. The Morgan fingerprint density at radius 3 is 2.46 bits per heavy atom. The normalized spacial score (nSPS) is 15.1. The van der Waals surface area contributed by atoms with Gasteiger partial charge in [-0.2, -0.15) is 24.3 Å². The summed E-state index contributed by atoms with van der Waals surface area (Å²) in [6.07, 6.45) is 1.97. The number of halogens is 3. The summed E-state index contributed by atoms with van der Waals surface area (Å²) >= 11 is 6.16. The number of benzene rings is 2. The largest absolute Gasteiger partial charge is 2.00 e. The molecule has 0 radical (unpaired) electrons. The SMILES string of the molecule is Clc1cc[c-]cc1Cc1ccc(O[C@H]2CCOC2)cc1.[Cl-].[Cl-].[Li+].[Mg+2]. The van der Waals surface area contributed by atoms with E-state index in [1.54, 1.807) is 0 Å². The number of rotatable bonds is 4. The maximum absolute atomic E-state index is 6.16. The smallest absolute Gasteiger partial charge is 1.00 e. The van der Waals surface area contributed by atoms with E-state index < -0.39 is 0 Å². The monoisotopic (exact) mass is 388 g/mol. The fourth-order valence-corrected chi connectivity index (χ4v) is 2.47. The van der Waals surface area contributed by atoms with Crippen molar-refractivity contribution in [3.8, 4) is 5.75 Å². The van der Waals surface area contributed by atoms with Gasteiger partial charge in [0, 0.05) is 6.42 Å². The van der Waals surface area contributed by atoms with Crippen molar-refractivity contribution in [2.45, 2.75) is 18.9 Å². The molecule has 1 aliphatic rings. The van der Waals surface area contributed by atoms with E-state index in [1.807, 2.05) is 30.3 Å². The maximum Gasteiger partial charge on any atom is 2.00 e. The summed E-state index contributed by atoms with van der Waals surface area (Å²) in [5, 5.41) is 0.784. The summed E-state index contributed by atoms with van der Waals surface area (Å²) in [6, 6.07) is 16.9. The molecule has 7 heteroatoms. The minimum atomic E-state index is 0. The molecule has 0 bridgehead atoms. The molecule has 0 aromatic heterocycles. The first kappa shape index (κ1) is 26.7. The van der Waals surface area contributed by atoms with Crippen molar-refractivity contribution < 1.29 is 53.1 Å². The summed E-state index contributed by atoms with van der Waals surface area (Å²) in [4.78, 5) is 0. The molecule has 0 N–H and O–H groups in total. The topological polar surface area (TPSA) is 18.5 Å². The average Bonchev–Trinajstić information content (AvgIpc) is 2.96. The van der Waals surface area contributed by atoms with E-state index in [0.29, 0.717) is 6.61 Å². The predicted octanol–water partition coefficient (Wildman–Crippen LogP) is -5.47. The van der Waals surface area contributed by atoms with E-state index in [0.717, 1.165) is 35.8 Å². The van der Waals surface area contributed by atoms with E-state index >= 15 is 0 Å². The molecule has 0 spiro atoms. The van der Waals surface area contributed by atoms with Gasteiger partial charge in [-0.15, -0.1) is 17.2 Å². The van der Waals surface area contributed by atoms with Crippen molar-refractivity contribution in [3.05, 3.63) is 64.7 Å². The maximum atomic E-state index is 6.16. The van der Waals surface area contributed by atoms with Gasteiger partial charge in [-0.05, 0) is 18.6 Å². The second-order valence-corrected chi connectivity index (χ2v) is 5.35. The van der Waals surface area contributed by atoms with E-state index in [1.165, 1.54) is 5.56 Å². The molecule has 1 atom stereocenters. The molecule has 2 aromatic carbocycles. The Labute approximate surface area is 189 Å². The molecule has 1 saturated heterocycles. The minimum Gasteiger partial charge on any atom is -1.00 e. The Kier molecular flexibility index (Phi) is 15.1. The fraction of sp³-hybridized carbons (Fsp3) is 0.294. The van der Waals surface area contributed by atoms with Gasteiger partial charge in [0.05, 0.1) is 13.2 Å². The molecule has 0 aliphatic carbocycles. The van der Waals surface area contributed by atoms with Crippen LogP contribution in [0.25, 0.3) is 0 Å². The van der Waals surface area contributed by atoms with Gasteiger partial charge in [-0.3, -0.25) is 0 Å². The molecule has 1 fully saturated rings. The van der Waals surface area contributed by atoms with Crippen molar-refractivity contribution in [2.75, 3.05) is 13.2 Å². The van der Waals surface area contributed by atoms with Crippen LogP contribution in [0.3, 0.4) is 0 Å². The van der Waals surface area contributed by atoms with Crippen LogP contribution in [0, 0.1) is 6.07 Å². The molecule has 0 saturated carbocycles. The predicted molar refractivity (Wildman–Crippen MR) is 85.1 cm³/mol. The van der Waals surface area contributed by atoms with Crippen LogP contribution in [0.2, 0.25) is 5.02 Å². The van der Waals surface area contributed by atoms with Gasteiger partial charge >= 0.3 is 41.9 Å². The van der Waals surface area contributed by atoms with Gasteiger partial charge in [0.25, 0.3) is 0 Å². The van der Waals surface area contributed by atoms with E-state index in [-0.39, 0.29) is 72.8 Å². The number of ether oxygens (including phenoxy) is 2. The van der Waals surface area contributed by atoms with E-state index in [4.69, 9.17) is 21.1 Å². The molecule has 24 heavy (non-hydrogen) atoms. The third kappa shape index (κ3) is 7.76. The van der Waals surface area contributed by atoms with Crippen LogP contribution in [-0.4, -0.2) is 42.4 Å². The van der Waals surface area contributed by atoms with Gasteiger partial charge in [0.15, 0.2) is 0 Å². The first-order valence-corrected chi connectivity index (χ1v) is 7.17. The molecule has 1 aliphatic heterocycles.